The van der Waals surface area contributed by atoms with Gasteiger partial charge in [-0.15, -0.1) is 0 Å². The molecule has 0 unspecified atom stereocenters. The fraction of sp³-hybridized carbons (Fsp3) is 0.200. The summed E-state index contributed by atoms with van der Waals surface area (Å²) >= 11 is 0. The molecule has 1 aliphatic carbocycles. The summed E-state index contributed by atoms with van der Waals surface area (Å²) in [4.78, 5) is 13.3. The quantitative estimate of drug-likeness (QED) is 0.620. The van der Waals surface area contributed by atoms with Gasteiger partial charge in [-0.1, -0.05) is 47.6 Å². The third-order valence-corrected chi connectivity index (χ3v) is 6.18. The summed E-state index contributed by atoms with van der Waals surface area (Å²) in [6.45, 7) is 0. The van der Waals surface area contributed by atoms with Gasteiger partial charge >= 0.3 is 0 Å². The van der Waals surface area contributed by atoms with Crippen molar-refractivity contribution in [2.45, 2.75) is 29.4 Å². The molecule has 0 radical (unpaired) electrons. The monoisotopic (exact) mass is 367 g/mol. The Morgan fingerprint density at radius 2 is 1.69 bits per heavy atom. The molecule has 6 heteroatoms. The Morgan fingerprint density at radius 1 is 1.00 bits per heavy atom. The predicted molar refractivity (Wildman–Crippen MR) is 95.7 cm³/mol. The summed E-state index contributed by atoms with van der Waals surface area (Å²) in [5.41, 5.74) is 1.28. The van der Waals surface area contributed by atoms with Crippen molar-refractivity contribution >= 4 is 15.6 Å². The van der Waals surface area contributed by atoms with E-state index in [1.807, 2.05) is 0 Å². The molecule has 0 saturated heterocycles. The zero-order chi connectivity index (χ0) is 18.1. The fourth-order valence-electron chi connectivity index (χ4n) is 2.99. The lowest BCUT2D eigenvalue weighted by atomic mass is 9.99. The van der Waals surface area contributed by atoms with Crippen molar-refractivity contribution in [1.29, 1.82) is 0 Å². The summed E-state index contributed by atoms with van der Waals surface area (Å²) in [6, 6.07) is 15.1. The third kappa shape index (κ3) is 3.20. The van der Waals surface area contributed by atoms with Crippen LogP contribution in [0.1, 0.15) is 46.0 Å². The normalized spacial score (nSPS) is 14.3. The zero-order valence-corrected chi connectivity index (χ0v) is 14.8. The molecule has 26 heavy (non-hydrogen) atoms. The van der Waals surface area contributed by atoms with Crippen LogP contribution in [-0.4, -0.2) is 19.4 Å². The first-order chi connectivity index (χ1) is 12.6. The highest BCUT2D eigenvalue weighted by Gasteiger charge is 2.33. The van der Waals surface area contributed by atoms with Gasteiger partial charge in [0.15, 0.2) is 21.4 Å². The highest BCUT2D eigenvalue weighted by molar-refractivity contribution is 7.90. The number of rotatable bonds is 6. The second-order valence-electron chi connectivity index (χ2n) is 6.44. The number of ketones is 1. The van der Waals surface area contributed by atoms with Gasteiger partial charge in [0.2, 0.25) is 0 Å². The molecule has 5 nitrogen and oxygen atoms in total. The van der Waals surface area contributed by atoms with Crippen LogP contribution in [0, 0.1) is 0 Å². The second kappa shape index (κ2) is 6.53. The highest BCUT2D eigenvalue weighted by atomic mass is 32.2. The van der Waals surface area contributed by atoms with Crippen LogP contribution in [0.25, 0.3) is 0 Å². The van der Waals surface area contributed by atoms with E-state index in [1.165, 1.54) is 6.20 Å². The molecular formula is C20H17NO4S. The lowest BCUT2D eigenvalue weighted by Gasteiger charge is -2.09. The number of benzene rings is 2. The maximum atomic E-state index is 13.0. The molecule has 0 atom stereocenters. The Morgan fingerprint density at radius 3 is 2.42 bits per heavy atom. The molecule has 0 bridgehead atoms. The lowest BCUT2D eigenvalue weighted by molar-refractivity contribution is 0.103. The van der Waals surface area contributed by atoms with Crippen LogP contribution >= 0.6 is 0 Å². The standard InChI is InChI=1S/C20H17NO4S/c22-19(18-12-21-25-20(18)14-10-11-14)17-9-5-4-6-15(17)13-26(23,24)16-7-2-1-3-8-16/h1-9,12,14H,10-11,13H2. The van der Waals surface area contributed by atoms with Crippen LogP contribution in [0.15, 0.2) is 70.2 Å². The third-order valence-electron chi connectivity index (χ3n) is 4.50. The molecule has 1 aromatic heterocycles. The van der Waals surface area contributed by atoms with Crippen molar-refractivity contribution in [3.63, 3.8) is 0 Å². The maximum absolute atomic E-state index is 13.0. The van der Waals surface area contributed by atoms with Crippen LogP contribution < -0.4 is 0 Å². The minimum Gasteiger partial charge on any atom is -0.360 e. The van der Waals surface area contributed by atoms with Gasteiger partial charge in [-0.05, 0) is 30.5 Å². The summed E-state index contributed by atoms with van der Waals surface area (Å²) in [5.74, 6) is 0.377. The average Bonchev–Trinajstić information content (AvgIpc) is 3.38. The van der Waals surface area contributed by atoms with Gasteiger partial charge in [0.05, 0.1) is 22.4 Å². The number of sulfone groups is 1. The van der Waals surface area contributed by atoms with E-state index in [1.54, 1.807) is 54.6 Å². The number of nitrogens with zero attached hydrogens (tertiary/aromatic N) is 1. The largest absolute Gasteiger partial charge is 0.360 e. The number of hydrogen-bond donors (Lipinski definition) is 0. The van der Waals surface area contributed by atoms with E-state index in [9.17, 15) is 13.2 Å². The molecule has 1 fully saturated rings. The van der Waals surface area contributed by atoms with Gasteiger partial charge in [0.1, 0.15) is 0 Å². The van der Waals surface area contributed by atoms with Crippen molar-refractivity contribution in [3.8, 4) is 0 Å². The molecule has 0 aliphatic heterocycles. The first kappa shape index (κ1) is 16.7. The van der Waals surface area contributed by atoms with E-state index in [0.717, 1.165) is 12.8 Å². The van der Waals surface area contributed by atoms with Crippen LogP contribution in [0.2, 0.25) is 0 Å². The van der Waals surface area contributed by atoms with E-state index in [-0.39, 0.29) is 22.3 Å². The van der Waals surface area contributed by atoms with Gasteiger partial charge in [0, 0.05) is 11.5 Å². The van der Waals surface area contributed by atoms with Crippen molar-refractivity contribution in [3.05, 3.63) is 83.2 Å². The molecule has 1 aliphatic rings. The van der Waals surface area contributed by atoms with E-state index in [2.05, 4.69) is 5.16 Å². The van der Waals surface area contributed by atoms with Crippen molar-refractivity contribution in [1.82, 2.24) is 5.16 Å². The van der Waals surface area contributed by atoms with Crippen molar-refractivity contribution in [2.75, 3.05) is 0 Å². The molecular weight excluding hydrogens is 350 g/mol. The Labute approximate surface area is 151 Å². The molecule has 0 N–H and O–H groups in total. The van der Waals surface area contributed by atoms with Gasteiger partial charge in [-0.2, -0.15) is 0 Å². The first-order valence-corrected chi connectivity index (χ1v) is 10.1. The smallest absolute Gasteiger partial charge is 0.198 e. The molecule has 1 saturated carbocycles. The van der Waals surface area contributed by atoms with E-state index in [4.69, 9.17) is 4.52 Å². The number of aromatic nitrogens is 1. The fourth-order valence-corrected chi connectivity index (χ4v) is 4.39. The highest BCUT2D eigenvalue weighted by Crippen LogP contribution is 2.42. The number of carbonyl (C=O) groups is 1. The Bertz CT molecular complexity index is 1050. The van der Waals surface area contributed by atoms with Crippen LogP contribution in [0.4, 0.5) is 0 Å². The molecule has 3 aromatic rings. The van der Waals surface area contributed by atoms with Gasteiger partial charge < -0.3 is 4.52 Å². The molecule has 1 heterocycles. The SMILES string of the molecule is O=C(c1ccccc1CS(=O)(=O)c1ccccc1)c1cnoc1C1CC1. The topological polar surface area (TPSA) is 77.2 Å². The number of hydrogen-bond acceptors (Lipinski definition) is 5. The Balaban J connectivity index is 1.69. The summed E-state index contributed by atoms with van der Waals surface area (Å²) in [5, 5.41) is 3.77. The maximum Gasteiger partial charge on any atom is 0.198 e. The minimum absolute atomic E-state index is 0.233. The number of carbonyl (C=O) groups excluding carboxylic acids is 1. The summed E-state index contributed by atoms with van der Waals surface area (Å²) < 4.78 is 30.7. The summed E-state index contributed by atoms with van der Waals surface area (Å²) in [7, 11) is -3.54. The molecule has 132 valence electrons. The Kier molecular flexibility index (Phi) is 4.20. The molecule has 2 aromatic carbocycles. The van der Waals surface area contributed by atoms with Crippen LogP contribution in [0.5, 0.6) is 0 Å². The second-order valence-corrected chi connectivity index (χ2v) is 8.43. The van der Waals surface area contributed by atoms with Gasteiger partial charge in [-0.25, -0.2) is 8.42 Å². The molecule has 0 spiro atoms. The van der Waals surface area contributed by atoms with E-state index < -0.39 is 9.84 Å². The summed E-state index contributed by atoms with van der Waals surface area (Å²) in [6.07, 6.45) is 3.40. The molecule has 4 rings (SSSR count). The van der Waals surface area contributed by atoms with Crippen molar-refractivity contribution in [2.24, 2.45) is 0 Å². The van der Waals surface area contributed by atoms with E-state index in [0.29, 0.717) is 22.5 Å². The molecule has 0 amide bonds. The Hall–Kier alpha value is -2.73. The zero-order valence-electron chi connectivity index (χ0n) is 14.0. The lowest BCUT2D eigenvalue weighted by Crippen LogP contribution is -2.11. The van der Waals surface area contributed by atoms with Crippen LogP contribution in [-0.2, 0) is 15.6 Å². The van der Waals surface area contributed by atoms with Crippen LogP contribution in [0.3, 0.4) is 0 Å². The first-order valence-electron chi connectivity index (χ1n) is 8.41. The minimum atomic E-state index is -3.54. The van der Waals surface area contributed by atoms with Crippen molar-refractivity contribution < 1.29 is 17.7 Å². The predicted octanol–water partition coefficient (Wildman–Crippen LogP) is 3.76. The van der Waals surface area contributed by atoms with Gasteiger partial charge in [0.25, 0.3) is 0 Å². The van der Waals surface area contributed by atoms with Gasteiger partial charge in [-0.3, -0.25) is 4.79 Å². The average molecular weight is 367 g/mol. The van der Waals surface area contributed by atoms with E-state index >= 15 is 0 Å².